The lowest BCUT2D eigenvalue weighted by molar-refractivity contribution is 0.00537. The summed E-state index contributed by atoms with van der Waals surface area (Å²) in [5.74, 6) is 0. The van der Waals surface area contributed by atoms with Crippen LogP contribution in [0.1, 0.15) is 26.2 Å². The van der Waals surface area contributed by atoms with Crippen molar-refractivity contribution in [3.63, 3.8) is 0 Å². The first-order chi connectivity index (χ1) is 8.72. The van der Waals surface area contributed by atoms with Crippen molar-refractivity contribution in [1.29, 1.82) is 0 Å². The van der Waals surface area contributed by atoms with Gasteiger partial charge in [0.05, 0.1) is 12.2 Å². The van der Waals surface area contributed by atoms with Gasteiger partial charge in [0.1, 0.15) is 0 Å². The van der Waals surface area contributed by atoms with Gasteiger partial charge in [-0.1, -0.05) is 6.92 Å². The molecule has 106 valence electrons. The van der Waals surface area contributed by atoms with E-state index in [4.69, 9.17) is 4.74 Å². The predicted molar refractivity (Wildman–Crippen MR) is 75.0 cm³/mol. The van der Waals surface area contributed by atoms with E-state index in [2.05, 4.69) is 29.1 Å². The maximum Gasteiger partial charge on any atom is 0.0707 e. The van der Waals surface area contributed by atoms with Gasteiger partial charge in [0.25, 0.3) is 0 Å². The second-order valence-electron chi connectivity index (χ2n) is 5.82. The van der Waals surface area contributed by atoms with Crippen LogP contribution in [-0.2, 0) is 4.74 Å². The Morgan fingerprint density at radius 3 is 2.72 bits per heavy atom. The van der Waals surface area contributed by atoms with Crippen LogP contribution in [0.3, 0.4) is 0 Å². The lowest BCUT2D eigenvalue weighted by Crippen LogP contribution is -2.52. The average molecular weight is 255 g/mol. The molecule has 2 aliphatic heterocycles. The maximum atomic E-state index is 6.08. The first-order valence-electron chi connectivity index (χ1n) is 7.45. The van der Waals surface area contributed by atoms with Gasteiger partial charge in [0, 0.05) is 38.8 Å². The minimum atomic E-state index is 0.439. The van der Waals surface area contributed by atoms with Crippen molar-refractivity contribution >= 4 is 0 Å². The molecule has 1 N–H and O–H groups in total. The summed E-state index contributed by atoms with van der Waals surface area (Å²) >= 11 is 0. The van der Waals surface area contributed by atoms with Crippen LogP contribution in [0.25, 0.3) is 0 Å². The van der Waals surface area contributed by atoms with Gasteiger partial charge in [-0.25, -0.2) is 0 Å². The van der Waals surface area contributed by atoms with E-state index in [1.807, 2.05) is 7.05 Å². The Bertz CT molecular complexity index is 249. The SMILES string of the molecule is CCC1CN(CC2CCC(CNC)O2)CCN1C. The van der Waals surface area contributed by atoms with Gasteiger partial charge in [-0.15, -0.1) is 0 Å². The number of piperazine rings is 1. The van der Waals surface area contributed by atoms with Gasteiger partial charge in [-0.2, -0.15) is 0 Å². The number of rotatable bonds is 5. The Morgan fingerprint density at radius 1 is 1.22 bits per heavy atom. The Hall–Kier alpha value is -0.160. The highest BCUT2D eigenvalue weighted by Crippen LogP contribution is 2.21. The monoisotopic (exact) mass is 255 g/mol. The van der Waals surface area contributed by atoms with Crippen molar-refractivity contribution < 1.29 is 4.74 Å². The topological polar surface area (TPSA) is 27.7 Å². The molecule has 0 aromatic rings. The van der Waals surface area contributed by atoms with Crippen LogP contribution in [0.2, 0.25) is 0 Å². The van der Waals surface area contributed by atoms with Crippen LogP contribution in [0.15, 0.2) is 0 Å². The van der Waals surface area contributed by atoms with E-state index in [-0.39, 0.29) is 0 Å². The summed E-state index contributed by atoms with van der Waals surface area (Å²) in [5.41, 5.74) is 0. The van der Waals surface area contributed by atoms with Crippen molar-refractivity contribution in [2.45, 2.75) is 44.4 Å². The summed E-state index contributed by atoms with van der Waals surface area (Å²) in [7, 11) is 4.25. The molecular weight excluding hydrogens is 226 g/mol. The van der Waals surface area contributed by atoms with Gasteiger partial charge >= 0.3 is 0 Å². The molecule has 0 aromatic heterocycles. The molecule has 0 aromatic carbocycles. The summed E-state index contributed by atoms with van der Waals surface area (Å²) in [6, 6.07) is 0.730. The van der Waals surface area contributed by atoms with E-state index in [0.717, 1.165) is 19.1 Å². The molecular formula is C14H29N3O. The van der Waals surface area contributed by atoms with Crippen LogP contribution in [-0.4, -0.2) is 74.9 Å². The lowest BCUT2D eigenvalue weighted by atomic mass is 10.1. The Labute approximate surface area is 112 Å². The number of hydrogen-bond donors (Lipinski definition) is 1. The van der Waals surface area contributed by atoms with Crippen molar-refractivity contribution in [3.05, 3.63) is 0 Å². The van der Waals surface area contributed by atoms with Crippen LogP contribution in [0.5, 0.6) is 0 Å². The van der Waals surface area contributed by atoms with Gasteiger partial charge in [0.2, 0.25) is 0 Å². The third-order valence-electron chi connectivity index (χ3n) is 4.42. The molecule has 0 aliphatic carbocycles. The average Bonchev–Trinajstić information content (AvgIpc) is 2.80. The fourth-order valence-electron chi connectivity index (χ4n) is 3.20. The highest BCUT2D eigenvalue weighted by molar-refractivity contribution is 4.83. The maximum absolute atomic E-state index is 6.08. The first-order valence-corrected chi connectivity index (χ1v) is 7.45. The molecule has 2 aliphatic rings. The molecule has 3 atom stereocenters. The summed E-state index contributed by atoms with van der Waals surface area (Å²) in [6.07, 6.45) is 4.60. The molecule has 0 saturated carbocycles. The first kappa shape index (κ1) is 14.3. The number of ether oxygens (including phenoxy) is 1. The van der Waals surface area contributed by atoms with Crippen LogP contribution in [0, 0.1) is 0 Å². The third kappa shape index (κ3) is 3.67. The molecule has 4 nitrogen and oxygen atoms in total. The van der Waals surface area contributed by atoms with Crippen molar-refractivity contribution in [3.8, 4) is 0 Å². The zero-order chi connectivity index (χ0) is 13.0. The van der Waals surface area contributed by atoms with E-state index in [1.165, 1.54) is 38.9 Å². The second-order valence-corrected chi connectivity index (χ2v) is 5.82. The van der Waals surface area contributed by atoms with Crippen molar-refractivity contribution in [1.82, 2.24) is 15.1 Å². The number of likely N-dealkylation sites (N-methyl/N-ethyl adjacent to an activating group) is 2. The van der Waals surface area contributed by atoms with E-state index in [1.54, 1.807) is 0 Å². The summed E-state index contributed by atoms with van der Waals surface area (Å²) in [5, 5.41) is 3.21. The molecule has 0 amide bonds. The molecule has 0 radical (unpaired) electrons. The Kier molecular flexibility index (Phi) is 5.42. The van der Waals surface area contributed by atoms with Gasteiger partial charge in [-0.05, 0) is 33.4 Å². The number of nitrogens with one attached hydrogen (secondary N) is 1. The quantitative estimate of drug-likeness (QED) is 0.786. The normalized spacial score (nSPS) is 35.2. The van der Waals surface area contributed by atoms with Gasteiger partial charge in [0.15, 0.2) is 0 Å². The van der Waals surface area contributed by atoms with E-state index in [9.17, 15) is 0 Å². The lowest BCUT2D eigenvalue weighted by Gasteiger charge is -2.40. The predicted octanol–water partition coefficient (Wildman–Crippen LogP) is 0.779. The molecule has 2 heterocycles. The summed E-state index contributed by atoms with van der Waals surface area (Å²) in [4.78, 5) is 5.09. The number of hydrogen-bond acceptors (Lipinski definition) is 4. The van der Waals surface area contributed by atoms with Crippen molar-refractivity contribution in [2.24, 2.45) is 0 Å². The van der Waals surface area contributed by atoms with E-state index >= 15 is 0 Å². The highest BCUT2D eigenvalue weighted by Gasteiger charge is 2.29. The van der Waals surface area contributed by atoms with Crippen LogP contribution in [0.4, 0.5) is 0 Å². The molecule has 18 heavy (non-hydrogen) atoms. The highest BCUT2D eigenvalue weighted by atomic mass is 16.5. The van der Waals surface area contributed by atoms with Gasteiger partial charge in [-0.3, -0.25) is 4.90 Å². The smallest absolute Gasteiger partial charge is 0.0707 e. The van der Waals surface area contributed by atoms with Gasteiger partial charge < -0.3 is 15.0 Å². The van der Waals surface area contributed by atoms with Crippen molar-refractivity contribution in [2.75, 3.05) is 46.8 Å². The number of nitrogens with zero attached hydrogens (tertiary/aromatic N) is 2. The minimum Gasteiger partial charge on any atom is -0.372 e. The molecule has 2 saturated heterocycles. The molecule has 3 unspecified atom stereocenters. The third-order valence-corrected chi connectivity index (χ3v) is 4.42. The zero-order valence-electron chi connectivity index (χ0n) is 12.2. The standard InChI is InChI=1S/C14H29N3O/c1-4-12-10-17(8-7-16(12)3)11-14-6-5-13(18-14)9-15-2/h12-15H,4-11H2,1-3H3. The fourth-order valence-corrected chi connectivity index (χ4v) is 3.20. The van der Waals surface area contributed by atoms with Crippen LogP contribution < -0.4 is 5.32 Å². The minimum absolute atomic E-state index is 0.439. The zero-order valence-corrected chi connectivity index (χ0v) is 12.2. The molecule has 4 heteroatoms. The summed E-state index contributed by atoms with van der Waals surface area (Å²) < 4.78 is 6.08. The molecule has 2 fully saturated rings. The Morgan fingerprint density at radius 2 is 2.00 bits per heavy atom. The van der Waals surface area contributed by atoms with E-state index < -0.39 is 0 Å². The Balaban J connectivity index is 1.73. The fraction of sp³-hybridized carbons (Fsp3) is 1.00. The molecule has 2 rings (SSSR count). The second kappa shape index (κ2) is 6.85. The van der Waals surface area contributed by atoms with Crippen LogP contribution >= 0.6 is 0 Å². The molecule has 0 bridgehead atoms. The summed E-state index contributed by atoms with van der Waals surface area (Å²) in [6.45, 7) is 8.03. The largest absolute Gasteiger partial charge is 0.372 e. The van der Waals surface area contributed by atoms with E-state index in [0.29, 0.717) is 12.2 Å². The molecule has 0 spiro atoms.